The fourth-order valence-electron chi connectivity index (χ4n) is 3.18. The zero-order valence-corrected chi connectivity index (χ0v) is 13.4. The highest BCUT2D eigenvalue weighted by Crippen LogP contribution is 2.29. The molecule has 1 saturated carbocycles. The number of carbonyl (C=O) groups is 1. The third-order valence-corrected chi connectivity index (χ3v) is 4.80. The van der Waals surface area contributed by atoms with Gasteiger partial charge in [-0.15, -0.1) is 0 Å². The van der Waals surface area contributed by atoms with E-state index in [1.54, 1.807) is 18.3 Å². The number of benzene rings is 1. The van der Waals surface area contributed by atoms with Crippen LogP contribution in [0.5, 0.6) is 0 Å². The quantitative estimate of drug-likeness (QED) is 0.806. The second kappa shape index (κ2) is 6.72. The summed E-state index contributed by atoms with van der Waals surface area (Å²) in [4.78, 5) is 26.6. The van der Waals surface area contributed by atoms with Gasteiger partial charge in [-0.05, 0) is 42.3 Å². The molecule has 0 spiro atoms. The molecule has 1 aromatic carbocycles. The molecule has 1 aliphatic rings. The molecule has 0 radical (unpaired) electrons. The van der Waals surface area contributed by atoms with Crippen LogP contribution in [0.15, 0.2) is 29.2 Å². The third kappa shape index (κ3) is 3.41. The molecule has 6 heteroatoms. The first-order chi connectivity index (χ1) is 11.1. The molecular formula is C17H19ClN2O3. The summed E-state index contributed by atoms with van der Waals surface area (Å²) >= 11 is 6.16. The maximum atomic E-state index is 12.3. The van der Waals surface area contributed by atoms with Crippen molar-refractivity contribution in [2.45, 2.75) is 38.2 Å². The monoisotopic (exact) mass is 334 g/mol. The lowest BCUT2D eigenvalue weighted by Crippen LogP contribution is -2.35. The molecule has 122 valence electrons. The van der Waals surface area contributed by atoms with Crippen molar-refractivity contribution in [3.63, 3.8) is 0 Å². The minimum absolute atomic E-state index is 0.00539. The van der Waals surface area contributed by atoms with Crippen molar-refractivity contribution < 1.29 is 9.90 Å². The van der Waals surface area contributed by atoms with E-state index in [1.807, 2.05) is 0 Å². The van der Waals surface area contributed by atoms with Crippen molar-refractivity contribution in [3.05, 3.63) is 39.8 Å². The molecule has 1 fully saturated rings. The Morgan fingerprint density at radius 2 is 2.04 bits per heavy atom. The van der Waals surface area contributed by atoms with Gasteiger partial charge in [0.2, 0.25) is 0 Å². The molecule has 1 unspecified atom stereocenters. The van der Waals surface area contributed by atoms with Crippen molar-refractivity contribution in [1.82, 2.24) is 4.98 Å². The van der Waals surface area contributed by atoms with Crippen molar-refractivity contribution >= 4 is 34.0 Å². The largest absolute Gasteiger partial charge is 0.383 e. The summed E-state index contributed by atoms with van der Waals surface area (Å²) in [6.07, 6.45) is 5.52. The Balaban J connectivity index is 1.81. The molecule has 5 nitrogen and oxygen atoms in total. The van der Waals surface area contributed by atoms with Gasteiger partial charge in [0.05, 0.1) is 10.7 Å². The van der Waals surface area contributed by atoms with Gasteiger partial charge in [-0.3, -0.25) is 9.59 Å². The minimum Gasteiger partial charge on any atom is -0.383 e. The topological polar surface area (TPSA) is 82.2 Å². The van der Waals surface area contributed by atoms with E-state index in [9.17, 15) is 14.7 Å². The first-order valence-electron chi connectivity index (χ1n) is 7.86. The van der Waals surface area contributed by atoms with Crippen molar-refractivity contribution in [1.29, 1.82) is 0 Å². The van der Waals surface area contributed by atoms with Crippen molar-refractivity contribution in [2.75, 3.05) is 5.32 Å². The highest BCUT2D eigenvalue weighted by molar-refractivity contribution is 6.34. The van der Waals surface area contributed by atoms with Gasteiger partial charge in [-0.1, -0.05) is 30.9 Å². The lowest BCUT2D eigenvalue weighted by Gasteiger charge is -2.25. The molecular weight excluding hydrogens is 316 g/mol. The van der Waals surface area contributed by atoms with Crippen LogP contribution >= 0.6 is 11.6 Å². The first kappa shape index (κ1) is 16.0. The molecule has 2 aromatic rings. The van der Waals surface area contributed by atoms with Crippen molar-refractivity contribution in [2.24, 2.45) is 5.92 Å². The smallest absolute Gasteiger partial charge is 0.255 e. The number of fused-ring (bicyclic) bond motifs is 1. The lowest BCUT2D eigenvalue weighted by molar-refractivity contribution is -0.127. The molecule has 0 bridgehead atoms. The van der Waals surface area contributed by atoms with E-state index in [4.69, 9.17) is 11.6 Å². The number of halogens is 1. The van der Waals surface area contributed by atoms with Gasteiger partial charge in [0, 0.05) is 11.6 Å². The number of rotatable bonds is 3. The number of hydrogen-bond acceptors (Lipinski definition) is 3. The predicted molar refractivity (Wildman–Crippen MR) is 90.8 cm³/mol. The number of aromatic nitrogens is 1. The molecule has 3 N–H and O–H groups in total. The Bertz CT molecular complexity index is 781. The predicted octanol–water partition coefficient (Wildman–Crippen LogP) is 3.06. The maximum Gasteiger partial charge on any atom is 0.255 e. The molecule has 23 heavy (non-hydrogen) atoms. The van der Waals surface area contributed by atoms with E-state index in [0.29, 0.717) is 16.5 Å². The summed E-state index contributed by atoms with van der Waals surface area (Å²) in [5, 5.41) is 14.3. The summed E-state index contributed by atoms with van der Waals surface area (Å²) in [5.41, 5.74) is 0.175. The number of H-pyrrole nitrogens is 1. The van der Waals surface area contributed by atoms with E-state index in [1.165, 1.54) is 6.07 Å². The van der Waals surface area contributed by atoms with Crippen molar-refractivity contribution in [3.8, 4) is 0 Å². The fraction of sp³-hybridized carbons (Fsp3) is 0.412. The molecule has 1 amide bonds. The van der Waals surface area contributed by atoms with Gasteiger partial charge < -0.3 is 15.4 Å². The zero-order valence-electron chi connectivity index (χ0n) is 12.6. The maximum absolute atomic E-state index is 12.3. The lowest BCUT2D eigenvalue weighted by atomic mass is 9.85. The number of aliphatic hydroxyl groups excluding tert-OH is 1. The van der Waals surface area contributed by atoms with E-state index in [0.717, 1.165) is 32.1 Å². The molecule has 3 rings (SSSR count). The summed E-state index contributed by atoms with van der Waals surface area (Å²) < 4.78 is 0. The molecule has 0 aliphatic heterocycles. The number of anilines is 1. The van der Waals surface area contributed by atoms with Crippen LogP contribution < -0.4 is 10.9 Å². The average molecular weight is 335 g/mol. The standard InChI is InChI=1S/C17H19ClN2O3/c18-13-9-12-11(6-7-19-16(12)22)8-14(13)20-17(23)15(21)10-4-2-1-3-5-10/h6-10,15,21H,1-5H2,(H,19,22)(H,20,23). The van der Waals surface area contributed by atoms with Crippen LogP contribution in [0.1, 0.15) is 32.1 Å². The number of aliphatic hydroxyl groups is 1. The van der Waals surface area contributed by atoms with E-state index >= 15 is 0 Å². The first-order valence-corrected chi connectivity index (χ1v) is 8.24. The van der Waals surface area contributed by atoms with Crippen LogP contribution in [-0.4, -0.2) is 22.1 Å². The van der Waals surface area contributed by atoms with E-state index < -0.39 is 12.0 Å². The van der Waals surface area contributed by atoms with E-state index in [2.05, 4.69) is 10.3 Å². The SMILES string of the molecule is O=C(Nc1cc2cc[nH]c(=O)c2cc1Cl)C(O)C1CCCCC1. The molecule has 1 atom stereocenters. The number of nitrogens with one attached hydrogen (secondary N) is 2. The molecule has 1 heterocycles. The Hall–Kier alpha value is -1.85. The molecule has 1 aromatic heterocycles. The Kier molecular flexibility index (Phi) is 4.68. The highest BCUT2D eigenvalue weighted by atomic mass is 35.5. The highest BCUT2D eigenvalue weighted by Gasteiger charge is 2.27. The van der Waals surface area contributed by atoms with Gasteiger partial charge in [-0.2, -0.15) is 0 Å². The number of amides is 1. The molecule has 1 aliphatic carbocycles. The summed E-state index contributed by atoms with van der Waals surface area (Å²) in [5.74, 6) is -0.436. The van der Waals surface area contributed by atoms with Gasteiger partial charge in [0.1, 0.15) is 6.10 Å². The Morgan fingerprint density at radius 1 is 1.30 bits per heavy atom. The number of pyridine rings is 1. The minimum atomic E-state index is -1.03. The number of aromatic amines is 1. The second-order valence-corrected chi connectivity index (χ2v) is 6.47. The van der Waals surface area contributed by atoms with E-state index in [-0.39, 0.29) is 16.5 Å². The van der Waals surface area contributed by atoms with Crippen LogP contribution in [-0.2, 0) is 4.79 Å². The Labute approximate surface area is 138 Å². The summed E-state index contributed by atoms with van der Waals surface area (Å²) in [6, 6.07) is 4.91. The van der Waals surface area contributed by atoms with Crippen LogP contribution in [0.25, 0.3) is 10.8 Å². The van der Waals surface area contributed by atoms with Gasteiger partial charge in [-0.25, -0.2) is 0 Å². The van der Waals surface area contributed by atoms with Gasteiger partial charge in [0.25, 0.3) is 11.5 Å². The average Bonchev–Trinajstić information content (AvgIpc) is 2.56. The van der Waals surface area contributed by atoms with Crippen LogP contribution in [0.4, 0.5) is 5.69 Å². The molecule has 0 saturated heterocycles. The van der Waals surface area contributed by atoms with Crippen LogP contribution in [0.2, 0.25) is 5.02 Å². The van der Waals surface area contributed by atoms with Crippen LogP contribution in [0, 0.1) is 5.92 Å². The fourth-order valence-corrected chi connectivity index (χ4v) is 3.39. The number of carbonyl (C=O) groups excluding carboxylic acids is 1. The summed E-state index contributed by atoms with van der Waals surface area (Å²) in [6.45, 7) is 0. The van der Waals surface area contributed by atoms with Gasteiger partial charge >= 0.3 is 0 Å². The summed E-state index contributed by atoms with van der Waals surface area (Å²) in [7, 11) is 0. The zero-order chi connectivity index (χ0) is 16.4. The van der Waals surface area contributed by atoms with Gasteiger partial charge in [0.15, 0.2) is 0 Å². The normalized spacial score (nSPS) is 17.1. The number of hydrogen-bond donors (Lipinski definition) is 3. The third-order valence-electron chi connectivity index (χ3n) is 4.48. The second-order valence-electron chi connectivity index (χ2n) is 6.06. The Morgan fingerprint density at radius 3 is 2.78 bits per heavy atom. The van der Waals surface area contributed by atoms with Crippen LogP contribution in [0.3, 0.4) is 0 Å².